The quantitative estimate of drug-likeness (QED) is 0.909. The molecule has 1 fully saturated rings. The van der Waals surface area contributed by atoms with Crippen molar-refractivity contribution in [3.63, 3.8) is 0 Å². The first-order chi connectivity index (χ1) is 9.20. The van der Waals surface area contributed by atoms with Crippen LogP contribution >= 0.6 is 0 Å². The predicted octanol–water partition coefficient (Wildman–Crippen LogP) is 3.13. The number of hydrogen-bond acceptors (Lipinski definition) is 3. The van der Waals surface area contributed by atoms with Crippen LogP contribution in [-0.2, 0) is 0 Å². The normalized spacial score (nSPS) is 17.4. The number of likely N-dealkylation sites (N-methyl/N-ethyl adjacent to an activating group) is 1. The van der Waals surface area contributed by atoms with Gasteiger partial charge in [-0.1, -0.05) is 18.2 Å². The fourth-order valence-electron chi connectivity index (χ4n) is 2.79. The molecular weight excluding hydrogens is 234 g/mol. The fourth-order valence-corrected chi connectivity index (χ4v) is 2.79. The average Bonchev–Trinajstić information content (AvgIpc) is 2.37. The van der Waals surface area contributed by atoms with Crippen molar-refractivity contribution in [1.82, 2.24) is 9.88 Å². The van der Waals surface area contributed by atoms with Crippen LogP contribution in [0.15, 0.2) is 36.4 Å². The van der Waals surface area contributed by atoms with Crippen molar-refractivity contribution >= 4 is 16.7 Å². The van der Waals surface area contributed by atoms with Gasteiger partial charge in [0.1, 0.15) is 5.82 Å². The first kappa shape index (κ1) is 12.4. The molecule has 0 saturated heterocycles. The topological polar surface area (TPSA) is 28.2 Å². The number of nitrogens with zero attached hydrogens (tertiary/aromatic N) is 2. The molecule has 1 saturated carbocycles. The van der Waals surface area contributed by atoms with E-state index in [2.05, 4.69) is 53.6 Å². The molecule has 0 radical (unpaired) electrons. The Morgan fingerprint density at radius 3 is 2.63 bits per heavy atom. The van der Waals surface area contributed by atoms with Crippen LogP contribution in [0.3, 0.4) is 0 Å². The number of pyridine rings is 1. The summed E-state index contributed by atoms with van der Waals surface area (Å²) in [4.78, 5) is 7.02. The SMILES string of the molecule is CN(C)C1(CNc2ccc3ccccc3n2)CCC1. The Morgan fingerprint density at radius 2 is 1.95 bits per heavy atom. The molecule has 0 aliphatic heterocycles. The minimum Gasteiger partial charge on any atom is -0.368 e. The lowest BCUT2D eigenvalue weighted by Crippen LogP contribution is -2.54. The van der Waals surface area contributed by atoms with Crippen LogP contribution in [0.25, 0.3) is 10.9 Å². The maximum absolute atomic E-state index is 4.67. The molecule has 19 heavy (non-hydrogen) atoms. The molecule has 1 aromatic heterocycles. The van der Waals surface area contributed by atoms with Gasteiger partial charge in [-0.25, -0.2) is 4.98 Å². The molecule has 0 unspecified atom stereocenters. The Bertz CT molecular complexity index is 573. The summed E-state index contributed by atoms with van der Waals surface area (Å²) in [7, 11) is 4.35. The number of anilines is 1. The van der Waals surface area contributed by atoms with Gasteiger partial charge in [0.15, 0.2) is 0 Å². The third-order valence-electron chi connectivity index (χ3n) is 4.43. The summed E-state index contributed by atoms with van der Waals surface area (Å²) in [6.07, 6.45) is 3.90. The molecule has 0 spiro atoms. The number of para-hydroxylation sites is 1. The van der Waals surface area contributed by atoms with Gasteiger partial charge >= 0.3 is 0 Å². The van der Waals surface area contributed by atoms with Crippen molar-refractivity contribution in [2.45, 2.75) is 24.8 Å². The third kappa shape index (κ3) is 2.30. The van der Waals surface area contributed by atoms with Gasteiger partial charge in [0.2, 0.25) is 0 Å². The van der Waals surface area contributed by atoms with E-state index in [1.165, 1.54) is 24.6 Å². The van der Waals surface area contributed by atoms with Gasteiger partial charge in [-0.15, -0.1) is 0 Å². The Kier molecular flexibility index (Phi) is 3.15. The molecule has 1 N–H and O–H groups in total. The van der Waals surface area contributed by atoms with E-state index in [0.717, 1.165) is 17.9 Å². The zero-order valence-corrected chi connectivity index (χ0v) is 11.7. The largest absolute Gasteiger partial charge is 0.368 e. The summed E-state index contributed by atoms with van der Waals surface area (Å²) < 4.78 is 0. The highest BCUT2D eigenvalue weighted by Crippen LogP contribution is 2.36. The first-order valence-electron chi connectivity index (χ1n) is 6.97. The van der Waals surface area contributed by atoms with Crippen LogP contribution in [0.4, 0.5) is 5.82 Å². The highest BCUT2D eigenvalue weighted by molar-refractivity contribution is 5.80. The van der Waals surface area contributed by atoms with Crippen LogP contribution in [0.2, 0.25) is 0 Å². The van der Waals surface area contributed by atoms with E-state index in [4.69, 9.17) is 0 Å². The number of hydrogen-bond donors (Lipinski definition) is 1. The molecule has 2 aromatic rings. The Morgan fingerprint density at radius 1 is 1.16 bits per heavy atom. The second-order valence-electron chi connectivity index (χ2n) is 5.72. The summed E-state index contributed by atoms with van der Waals surface area (Å²) in [6.45, 7) is 0.978. The number of nitrogens with one attached hydrogen (secondary N) is 1. The van der Waals surface area contributed by atoms with E-state index in [-0.39, 0.29) is 0 Å². The lowest BCUT2D eigenvalue weighted by molar-refractivity contribution is 0.0738. The standard InChI is InChI=1S/C16H21N3/c1-19(2)16(10-5-11-16)12-17-15-9-8-13-6-3-4-7-14(13)18-15/h3-4,6-9H,5,10-12H2,1-2H3,(H,17,18). The van der Waals surface area contributed by atoms with Gasteiger partial charge in [0.25, 0.3) is 0 Å². The van der Waals surface area contributed by atoms with Crippen molar-refractivity contribution in [3.05, 3.63) is 36.4 Å². The van der Waals surface area contributed by atoms with Crippen LogP contribution in [0.1, 0.15) is 19.3 Å². The van der Waals surface area contributed by atoms with Gasteiger partial charge in [-0.05, 0) is 51.6 Å². The van der Waals surface area contributed by atoms with Gasteiger partial charge in [-0.2, -0.15) is 0 Å². The van der Waals surface area contributed by atoms with Gasteiger partial charge in [0.05, 0.1) is 5.52 Å². The van der Waals surface area contributed by atoms with E-state index >= 15 is 0 Å². The van der Waals surface area contributed by atoms with E-state index in [1.807, 2.05) is 12.1 Å². The van der Waals surface area contributed by atoms with E-state index in [9.17, 15) is 0 Å². The molecule has 1 aliphatic rings. The number of fused-ring (bicyclic) bond motifs is 1. The third-order valence-corrected chi connectivity index (χ3v) is 4.43. The van der Waals surface area contributed by atoms with Crippen molar-refractivity contribution in [2.24, 2.45) is 0 Å². The van der Waals surface area contributed by atoms with Gasteiger partial charge in [-0.3, -0.25) is 0 Å². The summed E-state index contributed by atoms with van der Waals surface area (Å²) >= 11 is 0. The van der Waals surface area contributed by atoms with Crippen LogP contribution < -0.4 is 5.32 Å². The predicted molar refractivity (Wildman–Crippen MR) is 80.5 cm³/mol. The molecular formula is C16H21N3. The van der Waals surface area contributed by atoms with Crippen LogP contribution in [0, 0.1) is 0 Å². The molecule has 0 atom stereocenters. The average molecular weight is 255 g/mol. The highest BCUT2D eigenvalue weighted by Gasteiger charge is 2.38. The minimum atomic E-state index is 0.327. The van der Waals surface area contributed by atoms with Gasteiger partial charge < -0.3 is 10.2 Å². The second-order valence-corrected chi connectivity index (χ2v) is 5.72. The lowest BCUT2D eigenvalue weighted by Gasteiger charge is -2.47. The zero-order chi connectivity index (χ0) is 13.3. The summed E-state index contributed by atoms with van der Waals surface area (Å²) in [5.74, 6) is 0.979. The second kappa shape index (κ2) is 4.82. The molecule has 100 valence electrons. The fraction of sp³-hybridized carbons (Fsp3) is 0.438. The summed E-state index contributed by atoms with van der Waals surface area (Å²) in [5, 5.41) is 4.70. The van der Waals surface area contributed by atoms with Crippen molar-refractivity contribution in [2.75, 3.05) is 26.0 Å². The maximum Gasteiger partial charge on any atom is 0.126 e. The minimum absolute atomic E-state index is 0.327. The smallest absolute Gasteiger partial charge is 0.126 e. The summed E-state index contributed by atoms with van der Waals surface area (Å²) in [6, 6.07) is 12.4. The van der Waals surface area contributed by atoms with Gasteiger partial charge in [0, 0.05) is 17.5 Å². The first-order valence-corrected chi connectivity index (χ1v) is 6.97. The summed E-state index contributed by atoms with van der Waals surface area (Å²) in [5.41, 5.74) is 1.38. The number of benzene rings is 1. The molecule has 3 heteroatoms. The van der Waals surface area contributed by atoms with E-state index in [1.54, 1.807) is 0 Å². The lowest BCUT2D eigenvalue weighted by atomic mass is 9.75. The molecule has 3 rings (SSSR count). The van der Waals surface area contributed by atoms with E-state index in [0.29, 0.717) is 5.54 Å². The van der Waals surface area contributed by atoms with Crippen molar-refractivity contribution in [3.8, 4) is 0 Å². The van der Waals surface area contributed by atoms with Crippen LogP contribution in [0.5, 0.6) is 0 Å². The maximum atomic E-state index is 4.67. The van der Waals surface area contributed by atoms with Crippen LogP contribution in [-0.4, -0.2) is 36.1 Å². The highest BCUT2D eigenvalue weighted by atomic mass is 15.2. The molecule has 1 heterocycles. The monoisotopic (exact) mass is 255 g/mol. The molecule has 3 nitrogen and oxygen atoms in total. The van der Waals surface area contributed by atoms with Crippen molar-refractivity contribution in [1.29, 1.82) is 0 Å². The molecule has 1 aliphatic carbocycles. The number of rotatable bonds is 4. The van der Waals surface area contributed by atoms with E-state index < -0.39 is 0 Å². The number of aromatic nitrogens is 1. The Hall–Kier alpha value is -1.61. The Balaban J connectivity index is 1.75. The molecule has 0 bridgehead atoms. The zero-order valence-electron chi connectivity index (χ0n) is 11.7. The Labute approximate surface area is 114 Å². The van der Waals surface area contributed by atoms with Crippen molar-refractivity contribution < 1.29 is 0 Å². The molecule has 1 aromatic carbocycles. The molecule has 0 amide bonds.